The van der Waals surface area contributed by atoms with Crippen LogP contribution in [0.2, 0.25) is 0 Å². The van der Waals surface area contributed by atoms with Gasteiger partial charge >= 0.3 is 0 Å². The summed E-state index contributed by atoms with van der Waals surface area (Å²) in [6.07, 6.45) is 0. The van der Waals surface area contributed by atoms with Gasteiger partial charge in [0.2, 0.25) is 0 Å². The molecule has 74 heavy (non-hydrogen) atoms. The van der Waals surface area contributed by atoms with Crippen molar-refractivity contribution in [2.45, 2.75) is 5.41 Å². The van der Waals surface area contributed by atoms with Crippen LogP contribution in [0.25, 0.3) is 88.0 Å². The van der Waals surface area contributed by atoms with Crippen LogP contribution < -0.4 is 4.90 Å². The lowest BCUT2D eigenvalue weighted by Crippen LogP contribution is -2.29. The number of benzene rings is 13. The Morgan fingerprint density at radius 1 is 0.243 bits per heavy atom. The molecule has 0 saturated carbocycles. The van der Waals surface area contributed by atoms with Crippen molar-refractivity contribution >= 4 is 49.4 Å². The number of nitrogens with zero attached hydrogens (tertiary/aromatic N) is 1. The summed E-state index contributed by atoms with van der Waals surface area (Å²) in [5.74, 6) is 0. The van der Waals surface area contributed by atoms with E-state index in [0.29, 0.717) is 0 Å². The molecule has 0 N–H and O–H groups in total. The normalized spacial score (nSPS) is 12.4. The zero-order valence-corrected chi connectivity index (χ0v) is 40.7. The highest BCUT2D eigenvalue weighted by molar-refractivity contribution is 6.23. The third-order valence-corrected chi connectivity index (χ3v) is 15.5. The fraction of sp³-hybridized carbons (Fsp3) is 0.0137. The molecule has 1 aliphatic rings. The van der Waals surface area contributed by atoms with E-state index in [2.05, 4.69) is 302 Å². The summed E-state index contributed by atoms with van der Waals surface area (Å²) in [6.45, 7) is 0. The maximum atomic E-state index is 2.56. The fourth-order valence-corrected chi connectivity index (χ4v) is 12.2. The summed E-state index contributed by atoms with van der Waals surface area (Å²) >= 11 is 0. The van der Waals surface area contributed by atoms with Gasteiger partial charge in [-0.3, -0.25) is 0 Å². The molecule has 0 radical (unpaired) electrons. The molecule has 0 atom stereocenters. The van der Waals surface area contributed by atoms with Crippen molar-refractivity contribution in [2.75, 3.05) is 4.90 Å². The molecule has 13 aromatic rings. The van der Waals surface area contributed by atoms with Crippen molar-refractivity contribution in [3.8, 4) is 55.6 Å². The first-order valence-electron chi connectivity index (χ1n) is 25.7. The number of anilines is 3. The number of hydrogen-bond acceptors (Lipinski definition) is 1. The van der Waals surface area contributed by atoms with E-state index in [1.54, 1.807) is 0 Å². The van der Waals surface area contributed by atoms with Crippen molar-refractivity contribution in [3.63, 3.8) is 0 Å². The Labute approximate surface area is 432 Å². The fourth-order valence-electron chi connectivity index (χ4n) is 12.2. The SMILES string of the molecule is c1ccc(-c2ccc3c(c2)C(c2ccccc2)(c2ccccc2)c2cc(N(c4ccc(-c5ccccc5-c5ccccc5)cc4)c4c(-c5ccc6ccccc6c5)c5ccccc5c5ccccc45)ccc2-3)cc1. The van der Waals surface area contributed by atoms with Crippen LogP contribution in [-0.4, -0.2) is 0 Å². The largest absolute Gasteiger partial charge is 0.309 e. The zero-order chi connectivity index (χ0) is 49.0. The van der Waals surface area contributed by atoms with Gasteiger partial charge in [-0.05, 0) is 136 Å². The third kappa shape index (κ3) is 7.00. The minimum Gasteiger partial charge on any atom is -0.309 e. The molecule has 0 heterocycles. The maximum Gasteiger partial charge on any atom is 0.0714 e. The molecule has 0 amide bonds. The van der Waals surface area contributed by atoms with Crippen LogP contribution in [0.1, 0.15) is 22.3 Å². The molecule has 1 aliphatic carbocycles. The number of rotatable bonds is 9. The smallest absolute Gasteiger partial charge is 0.0714 e. The maximum absolute atomic E-state index is 2.56. The van der Waals surface area contributed by atoms with Crippen LogP contribution in [0.5, 0.6) is 0 Å². The van der Waals surface area contributed by atoms with Gasteiger partial charge < -0.3 is 4.90 Å². The second-order valence-corrected chi connectivity index (χ2v) is 19.5. The van der Waals surface area contributed by atoms with Crippen molar-refractivity contribution < 1.29 is 0 Å². The molecular weight excluding hydrogens is 891 g/mol. The molecule has 0 fully saturated rings. The van der Waals surface area contributed by atoms with Crippen molar-refractivity contribution in [1.29, 1.82) is 0 Å². The molecule has 14 rings (SSSR count). The quantitative estimate of drug-likeness (QED) is 0.130. The molecule has 0 spiro atoms. The first kappa shape index (κ1) is 43.2. The van der Waals surface area contributed by atoms with Crippen molar-refractivity contribution in [3.05, 3.63) is 320 Å². The average molecular weight is 940 g/mol. The Hall–Kier alpha value is -9.56. The Kier molecular flexibility index (Phi) is 10.5. The molecule has 346 valence electrons. The van der Waals surface area contributed by atoms with Gasteiger partial charge in [0.15, 0.2) is 0 Å². The molecule has 13 aromatic carbocycles. The van der Waals surface area contributed by atoms with E-state index in [1.807, 2.05) is 0 Å². The van der Waals surface area contributed by atoms with Crippen LogP contribution in [0.3, 0.4) is 0 Å². The Morgan fingerprint density at radius 3 is 1.34 bits per heavy atom. The summed E-state index contributed by atoms with van der Waals surface area (Å²) in [5.41, 5.74) is 19.7. The first-order valence-corrected chi connectivity index (χ1v) is 25.7. The van der Waals surface area contributed by atoms with E-state index in [9.17, 15) is 0 Å². The highest BCUT2D eigenvalue weighted by Crippen LogP contribution is 2.59. The lowest BCUT2D eigenvalue weighted by Gasteiger charge is -2.35. The van der Waals surface area contributed by atoms with Gasteiger partial charge in [-0.15, -0.1) is 0 Å². The average Bonchev–Trinajstić information content (AvgIpc) is 3.78. The molecule has 0 saturated heterocycles. The highest BCUT2D eigenvalue weighted by atomic mass is 15.1. The van der Waals surface area contributed by atoms with E-state index >= 15 is 0 Å². The molecular formula is C73H49N. The Morgan fingerprint density at radius 2 is 0.689 bits per heavy atom. The van der Waals surface area contributed by atoms with Gasteiger partial charge in [-0.25, -0.2) is 0 Å². The Balaban J connectivity index is 1.08. The third-order valence-electron chi connectivity index (χ3n) is 15.5. The predicted molar refractivity (Wildman–Crippen MR) is 313 cm³/mol. The van der Waals surface area contributed by atoms with E-state index in [1.165, 1.54) is 105 Å². The summed E-state index contributed by atoms with van der Waals surface area (Å²) in [7, 11) is 0. The highest BCUT2D eigenvalue weighted by Gasteiger charge is 2.47. The zero-order valence-electron chi connectivity index (χ0n) is 40.7. The summed E-state index contributed by atoms with van der Waals surface area (Å²) in [6, 6.07) is 110. The number of hydrogen-bond donors (Lipinski definition) is 0. The Bertz CT molecular complexity index is 4180. The molecule has 0 aromatic heterocycles. The van der Waals surface area contributed by atoms with E-state index in [-0.39, 0.29) is 0 Å². The minimum atomic E-state index is -0.642. The number of fused-ring (bicyclic) bond motifs is 7. The molecule has 0 unspecified atom stereocenters. The topological polar surface area (TPSA) is 3.24 Å². The van der Waals surface area contributed by atoms with E-state index in [0.717, 1.165) is 22.6 Å². The lowest BCUT2D eigenvalue weighted by atomic mass is 9.67. The van der Waals surface area contributed by atoms with Gasteiger partial charge in [0.1, 0.15) is 0 Å². The molecule has 0 bridgehead atoms. The van der Waals surface area contributed by atoms with Crippen molar-refractivity contribution in [2.24, 2.45) is 0 Å². The van der Waals surface area contributed by atoms with Crippen molar-refractivity contribution in [1.82, 2.24) is 0 Å². The standard InChI is InChI=1S/C73H49N/c1-5-21-50(22-6-1)55-41-45-65-66-46-44-60(49-70(66)73(69(65)48-55,57-27-9-3-10-28-57)58-29-11-4-12-30-58)74(59-42-39-53(40-43-59)62-32-16-15-31-61(62)52-24-7-2-8-25-52)72-68-36-20-18-34-64(68)63-33-17-19-35-67(63)71(72)56-38-37-51-23-13-14-26-54(51)47-56/h1-49H. The monoisotopic (exact) mass is 939 g/mol. The van der Waals surface area contributed by atoms with Crippen LogP contribution in [0.15, 0.2) is 297 Å². The van der Waals surface area contributed by atoms with E-state index < -0.39 is 5.41 Å². The van der Waals surface area contributed by atoms with Gasteiger partial charge in [-0.2, -0.15) is 0 Å². The molecule has 0 aliphatic heterocycles. The van der Waals surface area contributed by atoms with Gasteiger partial charge in [0.05, 0.1) is 11.1 Å². The van der Waals surface area contributed by atoms with Gasteiger partial charge in [-0.1, -0.05) is 261 Å². The van der Waals surface area contributed by atoms with Crippen LogP contribution in [0, 0.1) is 0 Å². The molecule has 1 heteroatoms. The van der Waals surface area contributed by atoms with E-state index in [4.69, 9.17) is 0 Å². The summed E-state index contributed by atoms with van der Waals surface area (Å²) in [4.78, 5) is 2.56. The lowest BCUT2D eigenvalue weighted by molar-refractivity contribution is 0.768. The van der Waals surface area contributed by atoms with Crippen LogP contribution >= 0.6 is 0 Å². The second kappa shape index (κ2) is 17.9. The summed E-state index contributed by atoms with van der Waals surface area (Å²) < 4.78 is 0. The van der Waals surface area contributed by atoms with Gasteiger partial charge in [0, 0.05) is 22.3 Å². The second-order valence-electron chi connectivity index (χ2n) is 19.5. The summed E-state index contributed by atoms with van der Waals surface area (Å²) in [5, 5.41) is 7.26. The minimum absolute atomic E-state index is 0.642. The van der Waals surface area contributed by atoms with Crippen LogP contribution in [-0.2, 0) is 5.41 Å². The van der Waals surface area contributed by atoms with Gasteiger partial charge in [0.25, 0.3) is 0 Å². The van der Waals surface area contributed by atoms with Crippen LogP contribution in [0.4, 0.5) is 17.1 Å². The molecule has 1 nitrogen and oxygen atoms in total. The first-order chi connectivity index (χ1) is 36.7. The predicted octanol–water partition coefficient (Wildman–Crippen LogP) is 19.6.